The first-order valence-corrected chi connectivity index (χ1v) is 11.7. The summed E-state index contributed by atoms with van der Waals surface area (Å²) in [4.78, 5) is 0. The molecule has 35 heavy (non-hydrogen) atoms. The van der Waals surface area contributed by atoms with Crippen LogP contribution in [0, 0.1) is 5.82 Å². The summed E-state index contributed by atoms with van der Waals surface area (Å²) >= 11 is 0. The zero-order valence-electron chi connectivity index (χ0n) is 19.3. The van der Waals surface area contributed by atoms with Crippen molar-refractivity contribution in [1.82, 2.24) is 0 Å². The van der Waals surface area contributed by atoms with Crippen molar-refractivity contribution in [1.29, 1.82) is 0 Å². The molecule has 0 aliphatic carbocycles. The van der Waals surface area contributed by atoms with Crippen LogP contribution in [0.25, 0.3) is 44.8 Å². The zero-order chi connectivity index (χ0) is 23.9. The summed E-state index contributed by atoms with van der Waals surface area (Å²) in [5.41, 5.74) is 4.64. The van der Waals surface area contributed by atoms with Crippen LogP contribution in [0.4, 0.5) is 4.39 Å². The molecule has 6 aromatic carbocycles. The van der Waals surface area contributed by atoms with E-state index in [1.54, 1.807) is 0 Å². The Kier molecular flexibility index (Phi) is 6.77. The number of hydrogen-bond donors (Lipinski definition) is 0. The summed E-state index contributed by atoms with van der Waals surface area (Å²) < 4.78 is 13.1. The van der Waals surface area contributed by atoms with E-state index in [-0.39, 0.29) is 5.82 Å². The molecule has 0 nitrogen and oxygen atoms in total. The number of benzene rings is 6. The molecule has 0 N–H and O–H groups in total. The smallest absolute Gasteiger partial charge is 0.123 e. The molecule has 0 radical (unpaired) electrons. The molecule has 0 aliphatic heterocycles. The Hall–Kier alpha value is -4.49. The largest absolute Gasteiger partial charge is 0.207 e. The van der Waals surface area contributed by atoms with Crippen LogP contribution in [0.15, 0.2) is 140 Å². The van der Waals surface area contributed by atoms with Crippen LogP contribution in [-0.2, 0) is 0 Å². The van der Waals surface area contributed by atoms with Gasteiger partial charge in [0.1, 0.15) is 5.82 Å². The minimum atomic E-state index is -0.204. The van der Waals surface area contributed by atoms with Crippen molar-refractivity contribution in [2.75, 3.05) is 0 Å². The van der Waals surface area contributed by atoms with Gasteiger partial charge in [-0.2, -0.15) is 0 Å². The van der Waals surface area contributed by atoms with Gasteiger partial charge in [0.15, 0.2) is 0 Å². The van der Waals surface area contributed by atoms with E-state index >= 15 is 0 Å². The summed E-state index contributed by atoms with van der Waals surface area (Å²) in [6.45, 7) is 0. The van der Waals surface area contributed by atoms with Crippen molar-refractivity contribution in [3.8, 4) is 11.1 Å². The number of rotatable bonds is 3. The fourth-order valence-electron chi connectivity index (χ4n) is 4.17. The van der Waals surface area contributed by atoms with Crippen molar-refractivity contribution >= 4 is 33.7 Å². The zero-order valence-corrected chi connectivity index (χ0v) is 19.3. The fraction of sp³-hybridized carbons (Fsp3) is 0. The Morgan fingerprint density at radius 2 is 0.943 bits per heavy atom. The minimum Gasteiger partial charge on any atom is -0.207 e. The highest BCUT2D eigenvalue weighted by Gasteiger charge is 2.05. The normalized spacial score (nSPS) is 10.9. The Balaban J connectivity index is 0.000000158. The maximum absolute atomic E-state index is 13.1. The highest BCUT2D eigenvalue weighted by Crippen LogP contribution is 2.31. The lowest BCUT2D eigenvalue weighted by atomic mass is 9.96. The maximum atomic E-state index is 13.1. The Bertz CT molecular complexity index is 1520. The first-order chi connectivity index (χ1) is 17.3. The molecule has 0 bridgehead atoms. The molecule has 1 heteroatoms. The molecule has 0 atom stereocenters. The standard InChI is InChI=1S/C20H13F.C14H12/c21-18-10-8-14(9-11-18)19-7-3-6-17-12-15-4-1-2-5-16(15)13-20(17)19;1-3-7-13(8-4-1)11-12-14-9-5-2-6-10-14/h1-13H;1-12H. The maximum Gasteiger partial charge on any atom is 0.123 e. The van der Waals surface area contributed by atoms with Crippen LogP contribution in [0.2, 0.25) is 0 Å². The molecule has 0 unspecified atom stereocenters. The lowest BCUT2D eigenvalue weighted by Gasteiger charge is -2.09. The van der Waals surface area contributed by atoms with Crippen molar-refractivity contribution in [2.24, 2.45) is 0 Å². The van der Waals surface area contributed by atoms with Gasteiger partial charge in [-0.3, -0.25) is 0 Å². The van der Waals surface area contributed by atoms with E-state index in [1.807, 2.05) is 48.5 Å². The van der Waals surface area contributed by atoms with E-state index in [4.69, 9.17) is 0 Å². The first-order valence-electron chi connectivity index (χ1n) is 11.7. The van der Waals surface area contributed by atoms with E-state index in [0.717, 1.165) is 11.1 Å². The van der Waals surface area contributed by atoms with Gasteiger partial charge in [-0.25, -0.2) is 4.39 Å². The van der Waals surface area contributed by atoms with E-state index in [2.05, 4.69) is 91.0 Å². The quantitative estimate of drug-likeness (QED) is 0.185. The van der Waals surface area contributed by atoms with Gasteiger partial charge in [0.2, 0.25) is 0 Å². The summed E-state index contributed by atoms with van der Waals surface area (Å²) in [5.74, 6) is -0.204. The second-order valence-electron chi connectivity index (χ2n) is 8.39. The molecule has 0 aromatic heterocycles. The van der Waals surface area contributed by atoms with Crippen LogP contribution < -0.4 is 0 Å². The lowest BCUT2D eigenvalue weighted by Crippen LogP contribution is -1.83. The van der Waals surface area contributed by atoms with E-state index in [9.17, 15) is 4.39 Å². The molecule has 0 amide bonds. The van der Waals surface area contributed by atoms with E-state index in [1.165, 1.54) is 44.8 Å². The number of fused-ring (bicyclic) bond motifs is 2. The van der Waals surface area contributed by atoms with Crippen LogP contribution >= 0.6 is 0 Å². The van der Waals surface area contributed by atoms with Crippen molar-refractivity contribution < 1.29 is 4.39 Å². The summed E-state index contributed by atoms with van der Waals surface area (Å²) in [7, 11) is 0. The predicted octanol–water partition coefficient (Wildman–Crippen LogP) is 9.66. The van der Waals surface area contributed by atoms with Gasteiger partial charge in [-0.05, 0) is 68.1 Å². The van der Waals surface area contributed by atoms with Gasteiger partial charge in [0, 0.05) is 0 Å². The first kappa shape index (κ1) is 22.3. The van der Waals surface area contributed by atoms with Gasteiger partial charge >= 0.3 is 0 Å². The molecule has 0 fully saturated rings. The molecule has 0 saturated heterocycles. The monoisotopic (exact) mass is 452 g/mol. The average Bonchev–Trinajstić information content (AvgIpc) is 2.92. The number of hydrogen-bond acceptors (Lipinski definition) is 0. The summed E-state index contributed by atoms with van der Waals surface area (Å²) in [6, 6.07) is 46.3. The van der Waals surface area contributed by atoms with Gasteiger partial charge in [0.25, 0.3) is 0 Å². The SMILES string of the molecule is C(=Cc1ccccc1)c1ccccc1.Fc1ccc(-c2cccc3cc4ccccc4cc23)cc1. The molecule has 6 rings (SSSR count). The number of halogens is 1. The molecule has 0 aliphatic rings. The molecular weight excluding hydrogens is 427 g/mol. The molecular formula is C34H25F. The third-order valence-electron chi connectivity index (χ3n) is 5.97. The Labute approximate surface area is 205 Å². The van der Waals surface area contributed by atoms with E-state index in [0.29, 0.717) is 0 Å². The van der Waals surface area contributed by atoms with Crippen molar-refractivity contribution in [2.45, 2.75) is 0 Å². The van der Waals surface area contributed by atoms with E-state index < -0.39 is 0 Å². The van der Waals surface area contributed by atoms with Crippen molar-refractivity contribution in [3.63, 3.8) is 0 Å². The molecule has 0 saturated carbocycles. The van der Waals surface area contributed by atoms with Gasteiger partial charge < -0.3 is 0 Å². The van der Waals surface area contributed by atoms with Crippen LogP contribution in [0.5, 0.6) is 0 Å². The Morgan fingerprint density at radius 1 is 0.429 bits per heavy atom. The van der Waals surface area contributed by atoms with Gasteiger partial charge in [0.05, 0.1) is 0 Å². The predicted molar refractivity (Wildman–Crippen MR) is 149 cm³/mol. The van der Waals surface area contributed by atoms with Crippen LogP contribution in [0.1, 0.15) is 11.1 Å². The second-order valence-corrected chi connectivity index (χ2v) is 8.39. The van der Waals surface area contributed by atoms with Crippen LogP contribution in [0.3, 0.4) is 0 Å². The van der Waals surface area contributed by atoms with Gasteiger partial charge in [-0.1, -0.05) is 127 Å². The summed E-state index contributed by atoms with van der Waals surface area (Å²) in [6.07, 6.45) is 4.24. The third-order valence-corrected chi connectivity index (χ3v) is 5.97. The van der Waals surface area contributed by atoms with Crippen LogP contribution in [-0.4, -0.2) is 0 Å². The highest BCUT2D eigenvalue weighted by atomic mass is 19.1. The molecule has 6 aromatic rings. The highest BCUT2D eigenvalue weighted by molar-refractivity contribution is 6.04. The lowest BCUT2D eigenvalue weighted by molar-refractivity contribution is 0.628. The minimum absolute atomic E-state index is 0.204. The molecule has 0 heterocycles. The molecule has 0 spiro atoms. The molecule has 168 valence electrons. The average molecular weight is 453 g/mol. The van der Waals surface area contributed by atoms with Crippen molar-refractivity contribution in [3.05, 3.63) is 156 Å². The second kappa shape index (κ2) is 10.6. The topological polar surface area (TPSA) is 0 Å². The third kappa shape index (κ3) is 5.54. The summed E-state index contributed by atoms with van der Waals surface area (Å²) in [5, 5.41) is 4.86. The Morgan fingerprint density at radius 3 is 1.54 bits per heavy atom. The van der Waals surface area contributed by atoms with Gasteiger partial charge in [-0.15, -0.1) is 0 Å². The fourth-order valence-corrected chi connectivity index (χ4v) is 4.17.